The second kappa shape index (κ2) is 4.61. The van der Waals surface area contributed by atoms with Crippen LogP contribution in [0.25, 0.3) is 11.1 Å². The SMILES string of the molecule is Nc1ccc2oc(CC3CCSCC3)nc2c1. The standard InChI is InChI=1S/C13H16N2OS/c14-10-1-2-12-11(8-10)15-13(16-12)7-9-3-5-17-6-4-9/h1-2,8-9H,3-7,14H2. The molecule has 1 fully saturated rings. The Hall–Kier alpha value is -1.16. The summed E-state index contributed by atoms with van der Waals surface area (Å²) in [6.45, 7) is 0. The van der Waals surface area contributed by atoms with Gasteiger partial charge in [-0.25, -0.2) is 4.98 Å². The molecule has 0 radical (unpaired) electrons. The van der Waals surface area contributed by atoms with E-state index in [1.807, 2.05) is 30.0 Å². The van der Waals surface area contributed by atoms with Gasteiger partial charge in [0, 0.05) is 12.1 Å². The number of aromatic nitrogens is 1. The number of oxazole rings is 1. The maximum Gasteiger partial charge on any atom is 0.195 e. The number of rotatable bonds is 2. The number of nitrogens with zero attached hydrogens (tertiary/aromatic N) is 1. The Morgan fingerprint density at radius 3 is 3.00 bits per heavy atom. The highest BCUT2D eigenvalue weighted by atomic mass is 32.2. The zero-order valence-electron chi connectivity index (χ0n) is 9.69. The van der Waals surface area contributed by atoms with E-state index in [0.29, 0.717) is 0 Å². The highest BCUT2D eigenvalue weighted by Gasteiger charge is 2.17. The number of thioether (sulfide) groups is 1. The highest BCUT2D eigenvalue weighted by Crippen LogP contribution is 2.27. The largest absolute Gasteiger partial charge is 0.441 e. The third-order valence-electron chi connectivity index (χ3n) is 3.26. The number of anilines is 1. The summed E-state index contributed by atoms with van der Waals surface area (Å²) in [5.41, 5.74) is 8.20. The molecule has 0 atom stereocenters. The number of nitrogen functional groups attached to an aromatic ring is 1. The number of hydrogen-bond donors (Lipinski definition) is 1. The predicted molar refractivity (Wildman–Crippen MR) is 72.2 cm³/mol. The normalized spacial score (nSPS) is 17.6. The van der Waals surface area contributed by atoms with Crippen LogP contribution >= 0.6 is 11.8 Å². The minimum absolute atomic E-state index is 0.738. The molecule has 1 aromatic heterocycles. The van der Waals surface area contributed by atoms with Gasteiger partial charge in [0.25, 0.3) is 0 Å². The lowest BCUT2D eigenvalue weighted by atomic mass is 9.99. The Labute approximate surface area is 105 Å². The van der Waals surface area contributed by atoms with E-state index in [4.69, 9.17) is 10.2 Å². The number of nitrogens with two attached hydrogens (primary N) is 1. The van der Waals surface area contributed by atoms with Gasteiger partial charge >= 0.3 is 0 Å². The van der Waals surface area contributed by atoms with Crippen molar-refractivity contribution in [2.75, 3.05) is 17.2 Å². The molecule has 90 valence electrons. The van der Waals surface area contributed by atoms with E-state index in [0.717, 1.165) is 35.0 Å². The van der Waals surface area contributed by atoms with Gasteiger partial charge in [0.15, 0.2) is 11.5 Å². The molecular formula is C13H16N2OS. The Morgan fingerprint density at radius 2 is 2.18 bits per heavy atom. The molecule has 17 heavy (non-hydrogen) atoms. The van der Waals surface area contributed by atoms with Gasteiger partial charge in [-0.3, -0.25) is 0 Å². The third kappa shape index (κ3) is 2.41. The van der Waals surface area contributed by atoms with Gasteiger partial charge in [0.05, 0.1) is 0 Å². The van der Waals surface area contributed by atoms with Crippen molar-refractivity contribution >= 4 is 28.5 Å². The molecule has 0 spiro atoms. The Kier molecular flexibility index (Phi) is 2.97. The van der Waals surface area contributed by atoms with Gasteiger partial charge in [-0.15, -0.1) is 0 Å². The van der Waals surface area contributed by atoms with Crippen molar-refractivity contribution in [2.45, 2.75) is 19.3 Å². The molecule has 0 bridgehead atoms. The van der Waals surface area contributed by atoms with Crippen molar-refractivity contribution in [3.05, 3.63) is 24.1 Å². The predicted octanol–water partition coefficient (Wildman–Crippen LogP) is 3.10. The molecule has 1 aliphatic heterocycles. The number of fused-ring (bicyclic) bond motifs is 1. The third-order valence-corrected chi connectivity index (χ3v) is 4.31. The molecule has 1 aliphatic rings. The van der Waals surface area contributed by atoms with E-state index in [-0.39, 0.29) is 0 Å². The van der Waals surface area contributed by atoms with E-state index in [1.54, 1.807) is 0 Å². The van der Waals surface area contributed by atoms with Crippen molar-refractivity contribution in [2.24, 2.45) is 5.92 Å². The Balaban J connectivity index is 1.80. The average molecular weight is 248 g/mol. The lowest BCUT2D eigenvalue weighted by Crippen LogP contribution is -2.12. The smallest absolute Gasteiger partial charge is 0.195 e. The molecule has 2 aromatic rings. The minimum atomic E-state index is 0.738. The molecule has 0 aliphatic carbocycles. The molecule has 4 heteroatoms. The van der Waals surface area contributed by atoms with Crippen molar-refractivity contribution < 1.29 is 4.42 Å². The maximum absolute atomic E-state index is 5.75. The summed E-state index contributed by atoms with van der Waals surface area (Å²) < 4.78 is 5.75. The summed E-state index contributed by atoms with van der Waals surface area (Å²) in [6.07, 6.45) is 3.53. The molecule has 2 heterocycles. The fourth-order valence-corrected chi connectivity index (χ4v) is 3.48. The first kappa shape index (κ1) is 11.0. The van der Waals surface area contributed by atoms with E-state index >= 15 is 0 Å². The van der Waals surface area contributed by atoms with Gasteiger partial charge < -0.3 is 10.2 Å². The van der Waals surface area contributed by atoms with Crippen molar-refractivity contribution in [3.63, 3.8) is 0 Å². The van der Waals surface area contributed by atoms with Crippen LogP contribution in [0.5, 0.6) is 0 Å². The fourth-order valence-electron chi connectivity index (χ4n) is 2.28. The van der Waals surface area contributed by atoms with E-state index < -0.39 is 0 Å². The highest BCUT2D eigenvalue weighted by molar-refractivity contribution is 7.99. The Bertz CT molecular complexity index is 517. The van der Waals surface area contributed by atoms with Crippen molar-refractivity contribution in [1.82, 2.24) is 4.98 Å². The molecular weight excluding hydrogens is 232 g/mol. The first-order valence-electron chi connectivity index (χ1n) is 6.04. The lowest BCUT2D eigenvalue weighted by Gasteiger charge is -2.19. The second-order valence-electron chi connectivity index (χ2n) is 4.59. The summed E-state index contributed by atoms with van der Waals surface area (Å²) in [5, 5.41) is 0. The topological polar surface area (TPSA) is 52.0 Å². The van der Waals surface area contributed by atoms with Crippen molar-refractivity contribution in [3.8, 4) is 0 Å². The first-order chi connectivity index (χ1) is 8.31. The lowest BCUT2D eigenvalue weighted by molar-refractivity contribution is 0.420. The summed E-state index contributed by atoms with van der Waals surface area (Å²) in [6, 6.07) is 5.63. The molecule has 3 rings (SSSR count). The molecule has 0 unspecified atom stereocenters. The molecule has 0 amide bonds. The van der Waals surface area contributed by atoms with E-state index in [9.17, 15) is 0 Å². The van der Waals surface area contributed by atoms with Gasteiger partial charge in [0.2, 0.25) is 0 Å². The van der Waals surface area contributed by atoms with Crippen LogP contribution in [0, 0.1) is 5.92 Å². The zero-order valence-corrected chi connectivity index (χ0v) is 10.5. The quantitative estimate of drug-likeness (QED) is 0.830. The van der Waals surface area contributed by atoms with Crippen LogP contribution in [0.2, 0.25) is 0 Å². The summed E-state index contributed by atoms with van der Waals surface area (Å²) in [7, 11) is 0. The van der Waals surface area contributed by atoms with Gasteiger partial charge in [-0.1, -0.05) is 0 Å². The van der Waals surface area contributed by atoms with Crippen LogP contribution in [0.4, 0.5) is 5.69 Å². The van der Waals surface area contributed by atoms with E-state index in [2.05, 4.69) is 4.98 Å². The van der Waals surface area contributed by atoms with Gasteiger partial charge in [-0.2, -0.15) is 11.8 Å². The summed E-state index contributed by atoms with van der Waals surface area (Å²) >= 11 is 2.05. The number of benzene rings is 1. The summed E-state index contributed by atoms with van der Waals surface area (Å²) in [4.78, 5) is 4.51. The molecule has 1 saturated heterocycles. The first-order valence-corrected chi connectivity index (χ1v) is 7.19. The fraction of sp³-hybridized carbons (Fsp3) is 0.462. The van der Waals surface area contributed by atoms with Crippen LogP contribution in [0.3, 0.4) is 0 Å². The van der Waals surface area contributed by atoms with E-state index in [1.165, 1.54) is 24.3 Å². The average Bonchev–Trinajstić information content (AvgIpc) is 2.71. The maximum atomic E-state index is 5.75. The zero-order chi connectivity index (χ0) is 11.7. The van der Waals surface area contributed by atoms with Gasteiger partial charge in [0.1, 0.15) is 5.52 Å². The van der Waals surface area contributed by atoms with Crippen LogP contribution < -0.4 is 5.73 Å². The second-order valence-corrected chi connectivity index (χ2v) is 5.82. The number of hydrogen-bond acceptors (Lipinski definition) is 4. The van der Waals surface area contributed by atoms with Crippen LogP contribution in [-0.2, 0) is 6.42 Å². The monoisotopic (exact) mass is 248 g/mol. The van der Waals surface area contributed by atoms with Gasteiger partial charge in [-0.05, 0) is 48.5 Å². The van der Waals surface area contributed by atoms with Crippen LogP contribution in [-0.4, -0.2) is 16.5 Å². The minimum Gasteiger partial charge on any atom is -0.441 e. The Morgan fingerprint density at radius 1 is 1.35 bits per heavy atom. The molecule has 1 aromatic carbocycles. The molecule has 3 nitrogen and oxygen atoms in total. The molecule has 0 saturated carbocycles. The summed E-state index contributed by atoms with van der Waals surface area (Å²) in [5.74, 6) is 4.15. The van der Waals surface area contributed by atoms with Crippen LogP contribution in [0.15, 0.2) is 22.6 Å². The van der Waals surface area contributed by atoms with Crippen molar-refractivity contribution in [1.29, 1.82) is 0 Å². The molecule has 2 N–H and O–H groups in total. The van der Waals surface area contributed by atoms with Crippen LogP contribution in [0.1, 0.15) is 18.7 Å².